The van der Waals surface area contributed by atoms with Crippen LogP contribution in [0.4, 0.5) is 4.79 Å². The normalized spacial score (nSPS) is 20.5. The zero-order chi connectivity index (χ0) is 23.5. The van der Waals surface area contributed by atoms with Crippen LogP contribution in [0.3, 0.4) is 0 Å². The van der Waals surface area contributed by atoms with Gasteiger partial charge in [-0.3, -0.25) is 9.59 Å². The first-order valence-corrected chi connectivity index (χ1v) is 11.6. The van der Waals surface area contributed by atoms with Crippen molar-refractivity contribution in [1.82, 2.24) is 10.2 Å². The highest BCUT2D eigenvalue weighted by Gasteiger charge is 2.35. The van der Waals surface area contributed by atoms with Crippen LogP contribution in [0, 0.1) is 5.92 Å². The van der Waals surface area contributed by atoms with Gasteiger partial charge in [-0.05, 0) is 48.4 Å². The van der Waals surface area contributed by atoms with Crippen LogP contribution in [-0.2, 0) is 14.3 Å². The molecule has 33 heavy (non-hydrogen) atoms. The van der Waals surface area contributed by atoms with Crippen LogP contribution in [0.15, 0.2) is 48.5 Å². The Morgan fingerprint density at radius 2 is 1.70 bits per heavy atom. The number of carbonyl (C=O) groups is 3. The number of nitrogens with one attached hydrogen (secondary N) is 1. The molecule has 0 aromatic heterocycles. The zero-order valence-electron chi connectivity index (χ0n) is 19.0. The number of hydrogen-bond acceptors (Lipinski definition) is 4. The number of hydrogen-bond donors (Lipinski definition) is 2. The number of piperidine rings is 1. The molecule has 1 unspecified atom stereocenters. The Balaban J connectivity index is 1.37. The van der Waals surface area contributed by atoms with Gasteiger partial charge in [0.25, 0.3) is 0 Å². The SMILES string of the molecule is CCC(NC(=O)OCC1c2ccccc2-c2ccccc21)C(=O)N1CC[C@@H](C(=O)O)C[C@H]1C. The Morgan fingerprint density at radius 1 is 1.09 bits per heavy atom. The van der Waals surface area contributed by atoms with Gasteiger partial charge in [-0.25, -0.2) is 4.79 Å². The summed E-state index contributed by atoms with van der Waals surface area (Å²) in [5.74, 6) is -1.49. The minimum absolute atomic E-state index is 0.0472. The summed E-state index contributed by atoms with van der Waals surface area (Å²) in [7, 11) is 0. The first kappa shape index (κ1) is 22.8. The lowest BCUT2D eigenvalue weighted by molar-refractivity contribution is -0.148. The molecule has 1 saturated heterocycles. The molecule has 0 radical (unpaired) electrons. The van der Waals surface area contributed by atoms with Crippen LogP contribution in [-0.4, -0.2) is 53.2 Å². The summed E-state index contributed by atoms with van der Waals surface area (Å²) in [5, 5.41) is 12.0. The van der Waals surface area contributed by atoms with E-state index in [1.165, 1.54) is 0 Å². The first-order valence-electron chi connectivity index (χ1n) is 11.6. The molecule has 7 nitrogen and oxygen atoms in total. The molecule has 2 amide bonds. The third-order valence-corrected chi connectivity index (χ3v) is 6.85. The number of carboxylic acids is 1. The van der Waals surface area contributed by atoms with Gasteiger partial charge in [0.2, 0.25) is 5.91 Å². The van der Waals surface area contributed by atoms with E-state index in [1.54, 1.807) is 4.90 Å². The highest BCUT2D eigenvalue weighted by Crippen LogP contribution is 2.44. The lowest BCUT2D eigenvalue weighted by atomic mass is 9.91. The summed E-state index contributed by atoms with van der Waals surface area (Å²) in [6, 6.07) is 15.4. The second kappa shape index (κ2) is 9.65. The lowest BCUT2D eigenvalue weighted by Crippen LogP contribution is -2.54. The maximum absolute atomic E-state index is 13.0. The number of benzene rings is 2. The Hall–Kier alpha value is -3.35. The summed E-state index contributed by atoms with van der Waals surface area (Å²) in [5.41, 5.74) is 4.57. The van der Waals surface area contributed by atoms with Gasteiger partial charge < -0.3 is 20.1 Å². The van der Waals surface area contributed by atoms with E-state index in [0.29, 0.717) is 25.8 Å². The minimum atomic E-state index is -0.822. The van der Waals surface area contributed by atoms with Gasteiger partial charge in [-0.2, -0.15) is 0 Å². The van der Waals surface area contributed by atoms with E-state index < -0.39 is 24.0 Å². The van der Waals surface area contributed by atoms with E-state index >= 15 is 0 Å². The number of carboxylic acid groups (broad SMARTS) is 1. The van der Waals surface area contributed by atoms with Gasteiger partial charge >= 0.3 is 12.1 Å². The van der Waals surface area contributed by atoms with Crippen molar-refractivity contribution in [1.29, 1.82) is 0 Å². The van der Waals surface area contributed by atoms with Crippen molar-refractivity contribution in [3.63, 3.8) is 0 Å². The quantitative estimate of drug-likeness (QED) is 0.693. The highest BCUT2D eigenvalue weighted by molar-refractivity contribution is 5.86. The van der Waals surface area contributed by atoms with E-state index in [-0.39, 0.29) is 24.5 Å². The Labute approximate surface area is 193 Å². The number of likely N-dealkylation sites (tertiary alicyclic amines) is 1. The van der Waals surface area contributed by atoms with Crippen molar-refractivity contribution in [2.24, 2.45) is 5.92 Å². The Morgan fingerprint density at radius 3 is 2.24 bits per heavy atom. The average molecular weight is 451 g/mol. The van der Waals surface area contributed by atoms with Crippen LogP contribution in [0.1, 0.15) is 50.2 Å². The van der Waals surface area contributed by atoms with Gasteiger partial charge in [0.05, 0.1) is 5.92 Å². The molecule has 174 valence electrons. The number of carbonyl (C=O) groups excluding carboxylic acids is 2. The van der Waals surface area contributed by atoms with Gasteiger partial charge in [0, 0.05) is 18.5 Å². The summed E-state index contributed by atoms with van der Waals surface area (Å²) < 4.78 is 5.59. The zero-order valence-corrected chi connectivity index (χ0v) is 19.0. The number of nitrogens with zero attached hydrogens (tertiary/aromatic N) is 1. The molecule has 2 aliphatic rings. The summed E-state index contributed by atoms with van der Waals surface area (Å²) in [6.45, 7) is 4.25. The summed E-state index contributed by atoms with van der Waals surface area (Å²) in [4.78, 5) is 38.6. The van der Waals surface area contributed by atoms with E-state index in [4.69, 9.17) is 4.74 Å². The van der Waals surface area contributed by atoms with Crippen molar-refractivity contribution in [2.45, 2.75) is 51.1 Å². The van der Waals surface area contributed by atoms with Crippen LogP contribution < -0.4 is 5.32 Å². The van der Waals surface area contributed by atoms with Crippen LogP contribution in [0.25, 0.3) is 11.1 Å². The molecule has 0 spiro atoms. The number of rotatable bonds is 6. The maximum Gasteiger partial charge on any atom is 0.407 e. The molecular weight excluding hydrogens is 420 g/mol. The molecule has 2 aromatic carbocycles. The van der Waals surface area contributed by atoms with Gasteiger partial charge in [-0.1, -0.05) is 55.5 Å². The molecule has 1 heterocycles. The van der Waals surface area contributed by atoms with Gasteiger partial charge in [0.15, 0.2) is 0 Å². The number of fused-ring (bicyclic) bond motifs is 3. The fourth-order valence-corrected chi connectivity index (χ4v) is 5.04. The van der Waals surface area contributed by atoms with Crippen molar-refractivity contribution in [2.75, 3.05) is 13.2 Å². The van der Waals surface area contributed by atoms with Crippen molar-refractivity contribution in [3.8, 4) is 11.1 Å². The monoisotopic (exact) mass is 450 g/mol. The van der Waals surface area contributed by atoms with Gasteiger partial charge in [0.1, 0.15) is 12.6 Å². The standard InChI is InChI=1S/C26H30N2O5/c1-3-23(24(29)28-13-12-17(25(30)31)14-16(28)2)27-26(32)33-15-22-20-10-6-4-8-18(20)19-9-5-7-11-21(19)22/h4-11,16-17,22-23H,3,12-15H2,1-2H3,(H,27,32)(H,30,31)/t16-,17-,23?/m1/s1. The maximum atomic E-state index is 13.0. The first-order chi connectivity index (χ1) is 15.9. The Bertz CT molecular complexity index is 1010. The van der Waals surface area contributed by atoms with E-state index in [9.17, 15) is 19.5 Å². The van der Waals surface area contributed by atoms with E-state index in [0.717, 1.165) is 22.3 Å². The lowest BCUT2D eigenvalue weighted by Gasteiger charge is -2.38. The topological polar surface area (TPSA) is 95.9 Å². The van der Waals surface area contributed by atoms with Crippen LogP contribution >= 0.6 is 0 Å². The van der Waals surface area contributed by atoms with Gasteiger partial charge in [-0.15, -0.1) is 0 Å². The molecule has 0 saturated carbocycles. The highest BCUT2D eigenvalue weighted by atomic mass is 16.5. The van der Waals surface area contributed by atoms with Crippen LogP contribution in [0.5, 0.6) is 0 Å². The fourth-order valence-electron chi connectivity index (χ4n) is 5.04. The number of amides is 2. The van der Waals surface area contributed by atoms with Crippen molar-refractivity contribution < 1.29 is 24.2 Å². The molecule has 2 N–H and O–H groups in total. The molecule has 1 fully saturated rings. The molecule has 0 bridgehead atoms. The second-order valence-corrected chi connectivity index (χ2v) is 8.87. The minimum Gasteiger partial charge on any atom is -0.481 e. The third-order valence-electron chi connectivity index (χ3n) is 6.85. The molecule has 4 rings (SSSR count). The molecule has 3 atom stereocenters. The number of ether oxygens (including phenoxy) is 1. The molecule has 1 aliphatic heterocycles. The fraction of sp³-hybridized carbons (Fsp3) is 0.423. The predicted octanol–water partition coefficient (Wildman–Crippen LogP) is 4.02. The molecule has 2 aromatic rings. The van der Waals surface area contributed by atoms with Crippen molar-refractivity contribution >= 4 is 18.0 Å². The van der Waals surface area contributed by atoms with E-state index in [2.05, 4.69) is 29.6 Å². The summed E-state index contributed by atoms with van der Waals surface area (Å²) >= 11 is 0. The van der Waals surface area contributed by atoms with Crippen LogP contribution in [0.2, 0.25) is 0 Å². The molecular formula is C26H30N2O5. The van der Waals surface area contributed by atoms with E-state index in [1.807, 2.05) is 38.1 Å². The number of alkyl carbamates (subject to hydrolysis) is 1. The third kappa shape index (κ3) is 4.58. The molecule has 1 aliphatic carbocycles. The smallest absolute Gasteiger partial charge is 0.407 e. The Kier molecular flexibility index (Phi) is 6.67. The average Bonchev–Trinajstić information content (AvgIpc) is 3.14. The van der Waals surface area contributed by atoms with Crippen molar-refractivity contribution in [3.05, 3.63) is 59.7 Å². The largest absolute Gasteiger partial charge is 0.481 e. The number of aliphatic carboxylic acids is 1. The second-order valence-electron chi connectivity index (χ2n) is 8.87. The molecule has 7 heteroatoms. The predicted molar refractivity (Wildman–Crippen MR) is 124 cm³/mol. The summed E-state index contributed by atoms with van der Waals surface area (Å²) in [6.07, 6.45) is 0.647.